The first kappa shape index (κ1) is 15.2. The summed E-state index contributed by atoms with van der Waals surface area (Å²) in [6.07, 6.45) is 9.13. The first-order chi connectivity index (χ1) is 12.3. The molecule has 0 atom stereocenters. The van der Waals surface area contributed by atoms with Gasteiger partial charge in [-0.15, -0.1) is 0 Å². The zero-order chi connectivity index (χ0) is 17.1. The Morgan fingerprint density at radius 2 is 1.04 bits per heavy atom. The predicted octanol–water partition coefficient (Wildman–Crippen LogP) is 5.18. The Morgan fingerprint density at radius 1 is 0.520 bits per heavy atom. The smallest absolute Gasteiger partial charge is 0.0705 e. The van der Waals surface area contributed by atoms with Crippen LogP contribution in [-0.4, -0.2) is 15.0 Å². The third-order valence-corrected chi connectivity index (χ3v) is 4.17. The Kier molecular flexibility index (Phi) is 4.05. The van der Waals surface area contributed by atoms with Gasteiger partial charge < -0.3 is 0 Å². The average Bonchev–Trinajstić information content (AvgIpc) is 2.69. The molecule has 4 aromatic rings. The average molecular weight is 323 g/mol. The molecule has 4 rings (SSSR count). The van der Waals surface area contributed by atoms with E-state index in [-0.39, 0.29) is 0 Å². The lowest BCUT2D eigenvalue weighted by atomic mass is 9.95. The summed E-state index contributed by atoms with van der Waals surface area (Å²) in [7, 11) is 0. The molecule has 0 aliphatic heterocycles. The molecule has 0 aliphatic carbocycles. The standard InChI is InChI=1S/C22H17N3/c1-16-2-11-25-22(12-16)21-14-19(17-3-7-23-8-4-17)13-20(15-21)18-5-9-24-10-6-18/h2-15H,1H3. The Labute approximate surface area is 147 Å². The highest BCUT2D eigenvalue weighted by Crippen LogP contribution is 2.32. The van der Waals surface area contributed by atoms with Crippen LogP contribution in [-0.2, 0) is 0 Å². The van der Waals surface area contributed by atoms with Gasteiger partial charge in [-0.2, -0.15) is 0 Å². The third kappa shape index (κ3) is 3.31. The molecule has 25 heavy (non-hydrogen) atoms. The molecular weight excluding hydrogens is 306 g/mol. The van der Waals surface area contributed by atoms with Crippen molar-refractivity contribution in [2.45, 2.75) is 6.92 Å². The molecule has 0 aliphatic rings. The van der Waals surface area contributed by atoms with E-state index in [9.17, 15) is 0 Å². The van der Waals surface area contributed by atoms with E-state index in [1.165, 1.54) is 5.56 Å². The van der Waals surface area contributed by atoms with Gasteiger partial charge >= 0.3 is 0 Å². The normalized spacial score (nSPS) is 10.6. The number of pyridine rings is 3. The second-order valence-electron chi connectivity index (χ2n) is 5.99. The second-order valence-corrected chi connectivity index (χ2v) is 5.99. The molecule has 0 amide bonds. The maximum atomic E-state index is 4.55. The lowest BCUT2D eigenvalue weighted by Crippen LogP contribution is -1.89. The van der Waals surface area contributed by atoms with Crippen LogP contribution in [0.1, 0.15) is 5.56 Å². The molecule has 0 saturated carbocycles. The molecule has 0 spiro atoms. The zero-order valence-electron chi connectivity index (χ0n) is 13.9. The number of hydrogen-bond donors (Lipinski definition) is 0. The van der Waals surface area contributed by atoms with Gasteiger partial charge in [-0.25, -0.2) is 0 Å². The Morgan fingerprint density at radius 3 is 1.56 bits per heavy atom. The molecule has 3 heteroatoms. The SMILES string of the molecule is Cc1ccnc(-c2cc(-c3ccncc3)cc(-c3ccncc3)c2)c1. The number of aryl methyl sites for hydroxylation is 1. The largest absolute Gasteiger partial charge is 0.265 e. The minimum atomic E-state index is 0.978. The second kappa shape index (κ2) is 6.65. The van der Waals surface area contributed by atoms with E-state index in [0.29, 0.717) is 0 Å². The molecule has 3 aromatic heterocycles. The summed E-state index contributed by atoms with van der Waals surface area (Å²) in [6.45, 7) is 2.08. The summed E-state index contributed by atoms with van der Waals surface area (Å²) >= 11 is 0. The monoisotopic (exact) mass is 323 g/mol. The first-order valence-corrected chi connectivity index (χ1v) is 8.18. The number of hydrogen-bond acceptors (Lipinski definition) is 3. The highest BCUT2D eigenvalue weighted by Gasteiger charge is 2.08. The van der Waals surface area contributed by atoms with Crippen LogP contribution < -0.4 is 0 Å². The van der Waals surface area contributed by atoms with E-state index < -0.39 is 0 Å². The van der Waals surface area contributed by atoms with Crippen LogP contribution in [0, 0.1) is 6.92 Å². The summed E-state index contributed by atoms with van der Waals surface area (Å²) in [6, 6.07) is 18.8. The number of benzene rings is 1. The molecule has 3 heterocycles. The minimum absolute atomic E-state index is 0.978. The maximum Gasteiger partial charge on any atom is 0.0705 e. The van der Waals surface area contributed by atoms with Crippen molar-refractivity contribution >= 4 is 0 Å². The highest BCUT2D eigenvalue weighted by molar-refractivity contribution is 5.80. The Bertz CT molecular complexity index is 938. The van der Waals surface area contributed by atoms with Crippen molar-refractivity contribution in [3.63, 3.8) is 0 Å². The molecule has 0 unspecified atom stereocenters. The summed E-state index contributed by atoms with van der Waals surface area (Å²) in [5, 5.41) is 0. The van der Waals surface area contributed by atoms with Crippen LogP contribution in [0.15, 0.2) is 85.6 Å². The topological polar surface area (TPSA) is 38.7 Å². The van der Waals surface area contributed by atoms with E-state index >= 15 is 0 Å². The van der Waals surface area contributed by atoms with Crippen LogP contribution in [0.3, 0.4) is 0 Å². The number of rotatable bonds is 3. The molecular formula is C22H17N3. The van der Waals surface area contributed by atoms with E-state index in [2.05, 4.69) is 46.1 Å². The van der Waals surface area contributed by atoms with Gasteiger partial charge in [0.1, 0.15) is 0 Å². The maximum absolute atomic E-state index is 4.55. The first-order valence-electron chi connectivity index (χ1n) is 8.18. The molecule has 1 aromatic carbocycles. The van der Waals surface area contributed by atoms with Gasteiger partial charge in [0.05, 0.1) is 5.69 Å². The Hall–Kier alpha value is -3.33. The van der Waals surface area contributed by atoms with Crippen molar-refractivity contribution in [2.24, 2.45) is 0 Å². The van der Waals surface area contributed by atoms with E-state index in [0.717, 1.165) is 33.5 Å². The van der Waals surface area contributed by atoms with E-state index in [1.807, 2.05) is 61.3 Å². The molecule has 120 valence electrons. The fourth-order valence-corrected chi connectivity index (χ4v) is 2.89. The molecule has 0 N–H and O–H groups in total. The van der Waals surface area contributed by atoms with Crippen molar-refractivity contribution in [2.75, 3.05) is 0 Å². The van der Waals surface area contributed by atoms with Gasteiger partial charge in [0.25, 0.3) is 0 Å². The lowest BCUT2D eigenvalue weighted by molar-refractivity contribution is 1.28. The van der Waals surface area contributed by atoms with Crippen LogP contribution >= 0.6 is 0 Å². The van der Waals surface area contributed by atoms with Gasteiger partial charge in [0.2, 0.25) is 0 Å². The van der Waals surface area contributed by atoms with Crippen LogP contribution in [0.2, 0.25) is 0 Å². The lowest BCUT2D eigenvalue weighted by Gasteiger charge is -2.11. The summed E-state index contributed by atoms with van der Waals surface area (Å²) in [4.78, 5) is 12.8. The highest BCUT2D eigenvalue weighted by atomic mass is 14.7. The van der Waals surface area contributed by atoms with Crippen LogP contribution in [0.25, 0.3) is 33.5 Å². The number of aromatic nitrogens is 3. The van der Waals surface area contributed by atoms with Crippen molar-refractivity contribution in [1.82, 2.24) is 15.0 Å². The third-order valence-electron chi connectivity index (χ3n) is 4.17. The van der Waals surface area contributed by atoms with Gasteiger partial charge in [-0.1, -0.05) is 0 Å². The minimum Gasteiger partial charge on any atom is -0.265 e. The fourth-order valence-electron chi connectivity index (χ4n) is 2.89. The predicted molar refractivity (Wildman–Crippen MR) is 101 cm³/mol. The van der Waals surface area contributed by atoms with Crippen LogP contribution in [0.4, 0.5) is 0 Å². The van der Waals surface area contributed by atoms with E-state index in [1.54, 1.807) is 0 Å². The summed E-state index contributed by atoms with van der Waals surface area (Å²) < 4.78 is 0. The van der Waals surface area contributed by atoms with Gasteiger partial charge in [-0.05, 0) is 89.3 Å². The summed E-state index contributed by atoms with van der Waals surface area (Å²) in [5.74, 6) is 0. The van der Waals surface area contributed by atoms with Crippen LogP contribution in [0.5, 0.6) is 0 Å². The zero-order valence-corrected chi connectivity index (χ0v) is 13.9. The Balaban J connectivity index is 1.92. The van der Waals surface area contributed by atoms with Gasteiger partial charge in [0, 0.05) is 36.5 Å². The number of nitrogens with zero attached hydrogens (tertiary/aromatic N) is 3. The van der Waals surface area contributed by atoms with Crippen molar-refractivity contribution in [1.29, 1.82) is 0 Å². The van der Waals surface area contributed by atoms with Crippen molar-refractivity contribution < 1.29 is 0 Å². The molecule has 0 fully saturated rings. The molecule has 3 nitrogen and oxygen atoms in total. The van der Waals surface area contributed by atoms with E-state index in [4.69, 9.17) is 0 Å². The van der Waals surface area contributed by atoms with Gasteiger partial charge in [-0.3, -0.25) is 15.0 Å². The van der Waals surface area contributed by atoms with Crippen molar-refractivity contribution in [3.05, 3.63) is 91.1 Å². The molecule has 0 radical (unpaired) electrons. The van der Waals surface area contributed by atoms with Gasteiger partial charge in [0.15, 0.2) is 0 Å². The fraction of sp³-hybridized carbons (Fsp3) is 0.0455. The summed E-state index contributed by atoms with van der Waals surface area (Å²) in [5.41, 5.74) is 7.85. The molecule has 0 bridgehead atoms. The quantitative estimate of drug-likeness (QED) is 0.521. The molecule has 0 saturated heterocycles. The van der Waals surface area contributed by atoms with Crippen molar-refractivity contribution in [3.8, 4) is 33.5 Å².